The van der Waals surface area contributed by atoms with Crippen molar-refractivity contribution in [1.82, 2.24) is 10.2 Å². The number of furan rings is 1. The molecule has 1 fully saturated rings. The number of aryl methyl sites for hydroxylation is 2. The number of hydrogen-bond donors (Lipinski definition) is 1. The summed E-state index contributed by atoms with van der Waals surface area (Å²) in [5.74, 6) is 0.207. The molecule has 0 spiro atoms. The Morgan fingerprint density at radius 3 is 3.00 bits per heavy atom. The first kappa shape index (κ1) is 15.1. The average molecular weight is 300 g/mol. The molecule has 0 radical (unpaired) electrons. The lowest BCUT2D eigenvalue weighted by atomic mass is 10.0. The molecule has 1 aliphatic rings. The predicted molar refractivity (Wildman–Crippen MR) is 88.1 cm³/mol. The van der Waals surface area contributed by atoms with Crippen molar-refractivity contribution in [3.05, 3.63) is 35.1 Å². The van der Waals surface area contributed by atoms with Gasteiger partial charge in [0.25, 0.3) is 0 Å². The Labute approximate surface area is 131 Å². The van der Waals surface area contributed by atoms with E-state index in [9.17, 15) is 4.79 Å². The lowest BCUT2D eigenvalue weighted by Gasteiger charge is -2.24. The Bertz CT molecular complexity index is 690. The van der Waals surface area contributed by atoms with Crippen molar-refractivity contribution in [3.63, 3.8) is 0 Å². The van der Waals surface area contributed by atoms with Crippen molar-refractivity contribution in [2.45, 2.75) is 39.2 Å². The maximum atomic E-state index is 12.6. The second-order valence-corrected chi connectivity index (χ2v) is 6.26. The number of nitrogens with zero attached hydrogens (tertiary/aromatic N) is 1. The van der Waals surface area contributed by atoms with Crippen LogP contribution in [0, 0.1) is 13.8 Å². The largest absolute Gasteiger partial charge is 0.464 e. The van der Waals surface area contributed by atoms with Crippen LogP contribution in [0.25, 0.3) is 11.0 Å². The zero-order valence-corrected chi connectivity index (χ0v) is 13.6. The van der Waals surface area contributed by atoms with Crippen molar-refractivity contribution in [2.24, 2.45) is 0 Å². The number of amides is 1. The molecule has 1 saturated heterocycles. The van der Waals surface area contributed by atoms with Gasteiger partial charge in [0.05, 0.1) is 12.7 Å². The normalized spacial score (nSPS) is 18.3. The highest BCUT2D eigenvalue weighted by molar-refractivity contribution is 5.89. The fourth-order valence-corrected chi connectivity index (χ4v) is 3.40. The van der Waals surface area contributed by atoms with Gasteiger partial charge in [0, 0.05) is 30.1 Å². The third-order valence-electron chi connectivity index (χ3n) is 4.82. The summed E-state index contributed by atoms with van der Waals surface area (Å²) >= 11 is 0. The number of fused-ring (bicyclic) bond motifs is 1. The third-order valence-corrected chi connectivity index (χ3v) is 4.82. The smallest absolute Gasteiger partial charge is 0.227 e. The maximum absolute atomic E-state index is 12.6. The number of likely N-dealkylation sites (tertiary alicyclic amines) is 1. The molecule has 1 aliphatic heterocycles. The molecule has 2 heterocycles. The van der Waals surface area contributed by atoms with Crippen molar-refractivity contribution in [2.75, 3.05) is 20.1 Å². The van der Waals surface area contributed by atoms with Crippen LogP contribution in [0.2, 0.25) is 0 Å². The maximum Gasteiger partial charge on any atom is 0.227 e. The summed E-state index contributed by atoms with van der Waals surface area (Å²) in [5, 5.41) is 4.25. The highest BCUT2D eigenvalue weighted by Gasteiger charge is 2.28. The quantitative estimate of drug-likeness (QED) is 0.944. The number of hydrogen-bond acceptors (Lipinski definition) is 3. The van der Waals surface area contributed by atoms with E-state index in [4.69, 9.17) is 4.42 Å². The van der Waals surface area contributed by atoms with Gasteiger partial charge in [-0.05, 0) is 44.9 Å². The second-order valence-electron chi connectivity index (χ2n) is 6.26. The van der Waals surface area contributed by atoms with E-state index < -0.39 is 0 Å². The number of carbonyl (C=O) groups excluding carboxylic acids is 1. The molecule has 0 aliphatic carbocycles. The molecule has 118 valence electrons. The molecule has 22 heavy (non-hydrogen) atoms. The van der Waals surface area contributed by atoms with E-state index in [0.29, 0.717) is 12.5 Å². The third kappa shape index (κ3) is 2.63. The Kier molecular flexibility index (Phi) is 4.21. The van der Waals surface area contributed by atoms with Gasteiger partial charge in [0.1, 0.15) is 5.58 Å². The van der Waals surface area contributed by atoms with E-state index in [-0.39, 0.29) is 5.91 Å². The Morgan fingerprint density at radius 2 is 2.23 bits per heavy atom. The SMILES string of the molecule is CNCC1CCCN1C(=O)Cc1coc2c(C)c(C)ccc12. The molecule has 0 bridgehead atoms. The molecule has 4 nitrogen and oxygen atoms in total. The van der Waals surface area contributed by atoms with Gasteiger partial charge in [0.15, 0.2) is 0 Å². The second kappa shape index (κ2) is 6.13. The highest BCUT2D eigenvalue weighted by atomic mass is 16.3. The van der Waals surface area contributed by atoms with E-state index in [1.807, 2.05) is 11.9 Å². The topological polar surface area (TPSA) is 45.5 Å². The molecule has 3 rings (SSSR count). The highest BCUT2D eigenvalue weighted by Crippen LogP contribution is 2.27. The monoisotopic (exact) mass is 300 g/mol. The number of benzene rings is 1. The van der Waals surface area contributed by atoms with Gasteiger partial charge in [-0.2, -0.15) is 0 Å². The van der Waals surface area contributed by atoms with Gasteiger partial charge in [-0.1, -0.05) is 12.1 Å². The lowest BCUT2D eigenvalue weighted by Crippen LogP contribution is -2.41. The van der Waals surface area contributed by atoms with Gasteiger partial charge < -0.3 is 14.6 Å². The lowest BCUT2D eigenvalue weighted by molar-refractivity contribution is -0.131. The van der Waals surface area contributed by atoms with Crippen LogP contribution in [0.15, 0.2) is 22.8 Å². The van der Waals surface area contributed by atoms with Crippen LogP contribution in [-0.4, -0.2) is 37.0 Å². The minimum Gasteiger partial charge on any atom is -0.464 e. The van der Waals surface area contributed by atoms with E-state index in [0.717, 1.165) is 48.0 Å². The van der Waals surface area contributed by atoms with Gasteiger partial charge in [-0.3, -0.25) is 4.79 Å². The number of likely N-dealkylation sites (N-methyl/N-ethyl adjacent to an activating group) is 1. The summed E-state index contributed by atoms with van der Waals surface area (Å²) in [5.41, 5.74) is 4.29. The van der Waals surface area contributed by atoms with E-state index in [1.165, 1.54) is 5.56 Å². The molecule has 1 N–H and O–H groups in total. The number of rotatable bonds is 4. The van der Waals surface area contributed by atoms with Crippen LogP contribution < -0.4 is 5.32 Å². The number of nitrogens with one attached hydrogen (secondary N) is 1. The first-order valence-electron chi connectivity index (χ1n) is 8.02. The molecular weight excluding hydrogens is 276 g/mol. The molecular formula is C18H24N2O2. The summed E-state index contributed by atoms with van der Waals surface area (Å²) in [6.07, 6.45) is 4.37. The van der Waals surface area contributed by atoms with Gasteiger partial charge in [0.2, 0.25) is 5.91 Å². The summed E-state index contributed by atoms with van der Waals surface area (Å²) in [6, 6.07) is 4.50. The van der Waals surface area contributed by atoms with Crippen LogP contribution in [-0.2, 0) is 11.2 Å². The van der Waals surface area contributed by atoms with Gasteiger partial charge >= 0.3 is 0 Å². The standard InChI is InChI=1S/C18H24N2O2/c1-12-6-7-16-14(11-22-18(16)13(12)2)9-17(21)20-8-4-5-15(20)10-19-3/h6-7,11,15,19H,4-5,8-10H2,1-3H3. The fraction of sp³-hybridized carbons (Fsp3) is 0.500. The zero-order valence-electron chi connectivity index (χ0n) is 13.6. The van der Waals surface area contributed by atoms with Crippen LogP contribution in [0.4, 0.5) is 0 Å². The molecule has 2 aromatic rings. The van der Waals surface area contributed by atoms with Crippen molar-refractivity contribution >= 4 is 16.9 Å². The summed E-state index contributed by atoms with van der Waals surface area (Å²) < 4.78 is 5.72. The van der Waals surface area contributed by atoms with Crippen LogP contribution >= 0.6 is 0 Å². The van der Waals surface area contributed by atoms with E-state index in [1.54, 1.807) is 6.26 Å². The molecule has 1 aromatic carbocycles. The predicted octanol–water partition coefficient (Wildman–Crippen LogP) is 2.80. The first-order valence-corrected chi connectivity index (χ1v) is 8.02. The molecule has 1 atom stereocenters. The van der Waals surface area contributed by atoms with Gasteiger partial charge in [-0.25, -0.2) is 0 Å². The molecule has 1 unspecified atom stereocenters. The fourth-order valence-electron chi connectivity index (χ4n) is 3.40. The summed E-state index contributed by atoms with van der Waals surface area (Å²) in [7, 11) is 1.94. The minimum atomic E-state index is 0.207. The van der Waals surface area contributed by atoms with Crippen molar-refractivity contribution < 1.29 is 9.21 Å². The van der Waals surface area contributed by atoms with E-state index >= 15 is 0 Å². The summed E-state index contributed by atoms with van der Waals surface area (Å²) in [4.78, 5) is 14.7. The Hall–Kier alpha value is -1.81. The van der Waals surface area contributed by atoms with Gasteiger partial charge in [-0.15, -0.1) is 0 Å². The molecule has 1 amide bonds. The molecule has 0 saturated carbocycles. The zero-order chi connectivity index (χ0) is 15.7. The van der Waals surface area contributed by atoms with E-state index in [2.05, 4.69) is 31.3 Å². The Balaban J connectivity index is 1.81. The minimum absolute atomic E-state index is 0.207. The van der Waals surface area contributed by atoms with Crippen LogP contribution in [0.5, 0.6) is 0 Å². The molecule has 1 aromatic heterocycles. The Morgan fingerprint density at radius 1 is 1.41 bits per heavy atom. The van der Waals surface area contributed by atoms with Crippen LogP contribution in [0.1, 0.15) is 29.5 Å². The van der Waals surface area contributed by atoms with Crippen LogP contribution in [0.3, 0.4) is 0 Å². The number of carbonyl (C=O) groups is 1. The average Bonchev–Trinajstić information content (AvgIpc) is 3.11. The molecule has 4 heteroatoms. The summed E-state index contributed by atoms with van der Waals surface area (Å²) in [6.45, 7) is 5.89. The van der Waals surface area contributed by atoms with Crippen molar-refractivity contribution in [1.29, 1.82) is 0 Å². The van der Waals surface area contributed by atoms with Crippen molar-refractivity contribution in [3.8, 4) is 0 Å². The first-order chi connectivity index (χ1) is 10.6.